The monoisotopic (exact) mass is 504 g/mol. The van der Waals surface area contributed by atoms with Gasteiger partial charge in [-0.1, -0.05) is 12.8 Å². The largest absolute Gasteiger partial charge is 0.381 e. The van der Waals surface area contributed by atoms with Crippen LogP contribution in [0, 0.1) is 5.92 Å². The third-order valence-corrected chi connectivity index (χ3v) is 5.25. The second-order valence-electron chi connectivity index (χ2n) is 7.64. The van der Waals surface area contributed by atoms with E-state index in [1.165, 1.54) is 25.7 Å². The average molecular weight is 504 g/mol. The lowest BCUT2D eigenvalue weighted by molar-refractivity contribution is -0.127. The number of amides is 1. The topological polar surface area (TPSA) is 83.8 Å². The van der Waals surface area contributed by atoms with Gasteiger partial charge in [0, 0.05) is 39.4 Å². The van der Waals surface area contributed by atoms with Crippen molar-refractivity contribution in [1.29, 1.82) is 0 Å². The highest BCUT2D eigenvalue weighted by Crippen LogP contribution is 2.28. The molecule has 28 heavy (non-hydrogen) atoms. The van der Waals surface area contributed by atoms with Gasteiger partial charge in [-0.3, -0.25) is 9.48 Å². The molecule has 2 aliphatic rings. The van der Waals surface area contributed by atoms with Crippen LogP contribution in [0.1, 0.15) is 43.8 Å². The van der Waals surface area contributed by atoms with Crippen molar-refractivity contribution >= 4 is 35.8 Å². The number of nitrogens with one attached hydrogen (secondary N) is 2. The maximum Gasteiger partial charge on any atom is 0.241 e. The molecule has 1 aliphatic heterocycles. The predicted octanol–water partition coefficient (Wildman–Crippen LogP) is 1.78. The molecule has 9 heteroatoms. The van der Waals surface area contributed by atoms with Gasteiger partial charge in [-0.2, -0.15) is 5.10 Å². The molecule has 1 unspecified atom stereocenters. The van der Waals surface area contributed by atoms with Crippen LogP contribution in [0.15, 0.2) is 17.3 Å². The summed E-state index contributed by atoms with van der Waals surface area (Å²) in [5.41, 5.74) is 0.950. The minimum Gasteiger partial charge on any atom is -0.381 e. The van der Waals surface area contributed by atoms with Crippen molar-refractivity contribution in [2.24, 2.45) is 10.9 Å². The first-order valence-corrected chi connectivity index (χ1v) is 9.96. The molecule has 1 amide bonds. The van der Waals surface area contributed by atoms with Crippen molar-refractivity contribution in [3.8, 4) is 0 Å². The lowest BCUT2D eigenvalue weighted by Crippen LogP contribution is -2.44. The molecular weight excluding hydrogens is 471 g/mol. The molecule has 1 saturated carbocycles. The zero-order valence-corrected chi connectivity index (χ0v) is 19.2. The lowest BCUT2D eigenvalue weighted by atomic mass is 10.1. The van der Waals surface area contributed by atoms with E-state index in [1.807, 2.05) is 6.07 Å². The number of aliphatic imine (C=N–C) groups is 1. The zero-order chi connectivity index (χ0) is 19.1. The van der Waals surface area contributed by atoms with E-state index >= 15 is 0 Å². The number of hydrogen-bond acceptors (Lipinski definition) is 4. The van der Waals surface area contributed by atoms with Gasteiger partial charge in [0.05, 0.1) is 31.4 Å². The fourth-order valence-corrected chi connectivity index (χ4v) is 3.47. The van der Waals surface area contributed by atoms with Gasteiger partial charge in [0.1, 0.15) is 0 Å². The number of likely N-dealkylation sites (N-methyl/N-ethyl adjacent to an activating group) is 1. The van der Waals surface area contributed by atoms with E-state index in [-0.39, 0.29) is 36.4 Å². The molecule has 2 heterocycles. The van der Waals surface area contributed by atoms with E-state index in [1.54, 1.807) is 19.0 Å². The van der Waals surface area contributed by atoms with E-state index in [2.05, 4.69) is 31.6 Å². The van der Waals surface area contributed by atoms with Crippen LogP contribution in [0.2, 0.25) is 0 Å². The average Bonchev–Trinajstić information content (AvgIpc) is 3.41. The molecule has 2 N–H and O–H groups in total. The molecule has 1 aromatic rings. The van der Waals surface area contributed by atoms with Gasteiger partial charge in [-0.15, -0.1) is 24.0 Å². The van der Waals surface area contributed by atoms with Gasteiger partial charge in [-0.25, -0.2) is 4.99 Å². The molecule has 1 aromatic heterocycles. The number of rotatable bonds is 7. The van der Waals surface area contributed by atoms with Gasteiger partial charge in [0.15, 0.2) is 5.96 Å². The van der Waals surface area contributed by atoms with Crippen LogP contribution in [0.5, 0.6) is 0 Å². The number of nitrogens with zero attached hydrogens (tertiary/aromatic N) is 4. The SMILES string of the molecule is CN(C)C(=O)CNC(=NCc1ccn(C2CCCC2)n1)NCC1CCOC1.I. The fourth-order valence-electron chi connectivity index (χ4n) is 3.47. The van der Waals surface area contributed by atoms with E-state index in [0.717, 1.165) is 31.9 Å². The molecule has 8 nitrogen and oxygen atoms in total. The molecule has 2 fully saturated rings. The second-order valence-corrected chi connectivity index (χ2v) is 7.64. The Bertz CT molecular complexity index is 636. The van der Waals surface area contributed by atoms with E-state index < -0.39 is 0 Å². The van der Waals surface area contributed by atoms with Gasteiger partial charge in [0.25, 0.3) is 0 Å². The Balaban J connectivity index is 0.00000280. The van der Waals surface area contributed by atoms with Crippen LogP contribution < -0.4 is 10.6 Å². The first kappa shape index (κ1) is 22.9. The maximum atomic E-state index is 11.9. The summed E-state index contributed by atoms with van der Waals surface area (Å²) in [6.07, 6.45) is 8.14. The molecule has 1 aliphatic carbocycles. The van der Waals surface area contributed by atoms with Crippen LogP contribution in [-0.2, 0) is 16.1 Å². The first-order chi connectivity index (χ1) is 13.1. The Kier molecular flexibility index (Phi) is 9.49. The molecule has 0 radical (unpaired) electrons. The number of halogens is 1. The number of carbonyl (C=O) groups is 1. The molecule has 1 saturated heterocycles. The highest BCUT2D eigenvalue weighted by Gasteiger charge is 2.18. The Labute approximate surface area is 184 Å². The molecule has 0 bridgehead atoms. The summed E-state index contributed by atoms with van der Waals surface area (Å²) >= 11 is 0. The molecule has 158 valence electrons. The van der Waals surface area contributed by atoms with Crippen molar-refractivity contribution < 1.29 is 9.53 Å². The smallest absolute Gasteiger partial charge is 0.241 e. The molecule has 0 aromatic carbocycles. The molecule has 0 spiro atoms. The van der Waals surface area contributed by atoms with E-state index in [0.29, 0.717) is 24.5 Å². The summed E-state index contributed by atoms with van der Waals surface area (Å²) in [4.78, 5) is 18.1. The number of hydrogen-bond donors (Lipinski definition) is 2. The van der Waals surface area contributed by atoms with Crippen LogP contribution in [0.4, 0.5) is 0 Å². The highest BCUT2D eigenvalue weighted by atomic mass is 127. The van der Waals surface area contributed by atoms with Crippen molar-refractivity contribution in [2.75, 3.05) is 40.4 Å². The van der Waals surface area contributed by atoms with Crippen molar-refractivity contribution in [3.63, 3.8) is 0 Å². The van der Waals surface area contributed by atoms with Crippen LogP contribution in [0.3, 0.4) is 0 Å². The Morgan fingerprint density at radius 3 is 2.79 bits per heavy atom. The minimum absolute atomic E-state index is 0. The van der Waals surface area contributed by atoms with Gasteiger partial charge in [-0.05, 0) is 25.3 Å². The van der Waals surface area contributed by atoms with Crippen molar-refractivity contribution in [1.82, 2.24) is 25.3 Å². The summed E-state index contributed by atoms with van der Waals surface area (Å²) in [5.74, 6) is 1.15. The Morgan fingerprint density at radius 2 is 2.11 bits per heavy atom. The number of carbonyl (C=O) groups excluding carboxylic acids is 1. The van der Waals surface area contributed by atoms with Crippen molar-refractivity contribution in [3.05, 3.63) is 18.0 Å². The molecular formula is C19H33IN6O2. The van der Waals surface area contributed by atoms with Crippen LogP contribution in [-0.4, -0.2) is 66.9 Å². The minimum atomic E-state index is 0. The summed E-state index contributed by atoms with van der Waals surface area (Å²) in [6, 6.07) is 2.58. The number of ether oxygens (including phenoxy) is 1. The fraction of sp³-hybridized carbons (Fsp3) is 0.737. The second kappa shape index (κ2) is 11.6. The summed E-state index contributed by atoms with van der Waals surface area (Å²) in [7, 11) is 3.50. The maximum absolute atomic E-state index is 11.9. The Hall–Kier alpha value is -1.36. The van der Waals surface area contributed by atoms with Crippen LogP contribution >= 0.6 is 24.0 Å². The summed E-state index contributed by atoms with van der Waals surface area (Å²) < 4.78 is 7.51. The Morgan fingerprint density at radius 1 is 1.32 bits per heavy atom. The third kappa shape index (κ3) is 6.91. The number of guanidine groups is 1. The van der Waals surface area contributed by atoms with Gasteiger partial charge >= 0.3 is 0 Å². The highest BCUT2D eigenvalue weighted by molar-refractivity contribution is 14.0. The number of aromatic nitrogens is 2. The predicted molar refractivity (Wildman–Crippen MR) is 120 cm³/mol. The first-order valence-electron chi connectivity index (χ1n) is 9.96. The van der Waals surface area contributed by atoms with Gasteiger partial charge < -0.3 is 20.3 Å². The molecule has 1 atom stereocenters. The van der Waals surface area contributed by atoms with E-state index in [9.17, 15) is 4.79 Å². The van der Waals surface area contributed by atoms with Gasteiger partial charge in [0.2, 0.25) is 5.91 Å². The summed E-state index contributed by atoms with van der Waals surface area (Å²) in [6.45, 7) is 3.11. The zero-order valence-electron chi connectivity index (χ0n) is 16.9. The molecule has 3 rings (SSSR count). The summed E-state index contributed by atoms with van der Waals surface area (Å²) in [5, 5.41) is 11.2. The lowest BCUT2D eigenvalue weighted by Gasteiger charge is -2.16. The van der Waals surface area contributed by atoms with E-state index in [4.69, 9.17) is 4.74 Å². The van der Waals surface area contributed by atoms with Crippen molar-refractivity contribution in [2.45, 2.75) is 44.7 Å². The quantitative estimate of drug-likeness (QED) is 0.336. The normalized spacial score (nSPS) is 20.1. The third-order valence-electron chi connectivity index (χ3n) is 5.25. The standard InChI is InChI=1S/C19H32N6O2.HI/c1-24(2)18(26)13-22-19(20-11-15-8-10-27-14-15)21-12-16-7-9-25(23-16)17-5-3-4-6-17;/h7,9,15,17H,3-6,8,10-14H2,1-2H3,(H2,20,21,22);1H. The van der Waals surface area contributed by atoms with Crippen LogP contribution in [0.25, 0.3) is 0 Å².